The van der Waals surface area contributed by atoms with E-state index in [1.54, 1.807) is 0 Å². The normalized spacial score (nSPS) is 13.8. The third-order valence-corrected chi connectivity index (χ3v) is 2.94. The molecule has 20 heavy (non-hydrogen) atoms. The molecular weight excluding hydrogens is 254 g/mol. The molecule has 1 aromatic carbocycles. The standard InChI is InChI=1S/C16H23NO3/c1-13(2)12-18-10-7-17-11-14-5-3-6-15-16(14)20-9-4-8-19-15/h3,5-6,17H,1,4,7-12H2,2H3. The lowest BCUT2D eigenvalue weighted by Gasteiger charge is -2.13. The molecule has 0 radical (unpaired) electrons. The number of fused-ring (bicyclic) bond motifs is 1. The fourth-order valence-electron chi connectivity index (χ4n) is 2.01. The van der Waals surface area contributed by atoms with E-state index in [1.807, 2.05) is 19.1 Å². The van der Waals surface area contributed by atoms with Crippen molar-refractivity contribution >= 4 is 0 Å². The highest BCUT2D eigenvalue weighted by Gasteiger charge is 2.13. The van der Waals surface area contributed by atoms with E-state index in [-0.39, 0.29) is 0 Å². The first kappa shape index (κ1) is 14.9. The zero-order chi connectivity index (χ0) is 14.2. The second-order valence-electron chi connectivity index (χ2n) is 4.98. The van der Waals surface area contributed by atoms with Crippen LogP contribution in [-0.2, 0) is 11.3 Å². The molecule has 0 aliphatic carbocycles. The summed E-state index contributed by atoms with van der Waals surface area (Å²) in [5.41, 5.74) is 2.17. The summed E-state index contributed by atoms with van der Waals surface area (Å²) in [7, 11) is 0. The average molecular weight is 277 g/mol. The zero-order valence-corrected chi connectivity index (χ0v) is 12.1. The van der Waals surface area contributed by atoms with E-state index in [0.717, 1.165) is 48.8 Å². The van der Waals surface area contributed by atoms with Crippen LogP contribution in [0.4, 0.5) is 0 Å². The number of hydrogen-bond acceptors (Lipinski definition) is 4. The van der Waals surface area contributed by atoms with E-state index in [2.05, 4.69) is 18.0 Å². The van der Waals surface area contributed by atoms with Crippen LogP contribution in [0.25, 0.3) is 0 Å². The monoisotopic (exact) mass is 277 g/mol. The second kappa shape index (κ2) is 7.92. The van der Waals surface area contributed by atoms with Crippen LogP contribution < -0.4 is 14.8 Å². The Morgan fingerprint density at radius 3 is 3.05 bits per heavy atom. The zero-order valence-electron chi connectivity index (χ0n) is 12.1. The van der Waals surface area contributed by atoms with Crippen LogP contribution in [-0.4, -0.2) is 33.0 Å². The van der Waals surface area contributed by atoms with E-state index in [4.69, 9.17) is 14.2 Å². The molecule has 1 aliphatic rings. The van der Waals surface area contributed by atoms with E-state index < -0.39 is 0 Å². The van der Waals surface area contributed by atoms with Crippen LogP contribution in [0.2, 0.25) is 0 Å². The predicted molar refractivity (Wildman–Crippen MR) is 79.4 cm³/mol. The molecule has 2 rings (SSSR count). The van der Waals surface area contributed by atoms with E-state index in [9.17, 15) is 0 Å². The van der Waals surface area contributed by atoms with Crippen LogP contribution in [0.15, 0.2) is 30.4 Å². The molecule has 0 spiro atoms. The van der Waals surface area contributed by atoms with Crippen LogP contribution in [0.5, 0.6) is 11.5 Å². The Labute approximate surface area is 120 Å². The van der Waals surface area contributed by atoms with Crippen LogP contribution >= 0.6 is 0 Å². The van der Waals surface area contributed by atoms with Crippen molar-refractivity contribution in [2.45, 2.75) is 19.9 Å². The molecule has 4 heteroatoms. The van der Waals surface area contributed by atoms with Gasteiger partial charge in [0.05, 0.1) is 26.4 Å². The van der Waals surface area contributed by atoms with Gasteiger partial charge in [-0.25, -0.2) is 0 Å². The first-order chi connectivity index (χ1) is 9.77. The molecule has 4 nitrogen and oxygen atoms in total. The topological polar surface area (TPSA) is 39.7 Å². The highest BCUT2D eigenvalue weighted by Crippen LogP contribution is 2.32. The summed E-state index contributed by atoms with van der Waals surface area (Å²) in [5, 5.41) is 3.36. The third kappa shape index (κ3) is 4.54. The second-order valence-corrected chi connectivity index (χ2v) is 4.98. The number of nitrogens with one attached hydrogen (secondary N) is 1. The molecule has 0 aromatic heterocycles. The highest BCUT2D eigenvalue weighted by molar-refractivity contribution is 5.46. The van der Waals surface area contributed by atoms with Gasteiger partial charge in [-0.1, -0.05) is 24.3 Å². The van der Waals surface area contributed by atoms with Gasteiger partial charge in [0, 0.05) is 25.1 Å². The van der Waals surface area contributed by atoms with Crippen LogP contribution in [0, 0.1) is 0 Å². The lowest BCUT2D eigenvalue weighted by molar-refractivity contribution is 0.157. The highest BCUT2D eigenvalue weighted by atomic mass is 16.5. The maximum atomic E-state index is 5.78. The summed E-state index contributed by atoms with van der Waals surface area (Å²) in [4.78, 5) is 0. The molecular formula is C16H23NO3. The minimum Gasteiger partial charge on any atom is -0.490 e. The maximum absolute atomic E-state index is 5.78. The van der Waals surface area contributed by atoms with Crippen LogP contribution in [0.1, 0.15) is 18.9 Å². The van der Waals surface area contributed by atoms with Crippen molar-refractivity contribution in [3.63, 3.8) is 0 Å². The Bertz CT molecular complexity index is 445. The lowest BCUT2D eigenvalue weighted by atomic mass is 10.2. The van der Waals surface area contributed by atoms with Crippen molar-refractivity contribution in [3.8, 4) is 11.5 Å². The van der Waals surface area contributed by atoms with Gasteiger partial charge in [0.25, 0.3) is 0 Å². The van der Waals surface area contributed by atoms with Crippen molar-refractivity contribution in [1.29, 1.82) is 0 Å². The van der Waals surface area contributed by atoms with Crippen molar-refractivity contribution in [1.82, 2.24) is 5.32 Å². The molecule has 1 heterocycles. The number of benzene rings is 1. The number of rotatable bonds is 7. The van der Waals surface area contributed by atoms with Gasteiger partial charge in [0.15, 0.2) is 11.5 Å². The van der Waals surface area contributed by atoms with Gasteiger partial charge in [-0.05, 0) is 13.0 Å². The molecule has 0 saturated carbocycles. The Morgan fingerprint density at radius 1 is 1.35 bits per heavy atom. The number of ether oxygens (including phenoxy) is 3. The lowest BCUT2D eigenvalue weighted by Crippen LogP contribution is -2.20. The molecule has 0 atom stereocenters. The van der Waals surface area contributed by atoms with Crippen LogP contribution in [0.3, 0.4) is 0 Å². The first-order valence-electron chi connectivity index (χ1n) is 7.07. The molecule has 110 valence electrons. The molecule has 0 fully saturated rings. The summed E-state index contributed by atoms with van der Waals surface area (Å²) in [5.74, 6) is 1.72. The van der Waals surface area contributed by atoms with Crippen molar-refractivity contribution in [2.24, 2.45) is 0 Å². The third-order valence-electron chi connectivity index (χ3n) is 2.94. The Balaban J connectivity index is 1.79. The Hall–Kier alpha value is -1.52. The largest absolute Gasteiger partial charge is 0.490 e. The van der Waals surface area contributed by atoms with Crippen molar-refractivity contribution in [2.75, 3.05) is 33.0 Å². The molecule has 1 N–H and O–H groups in total. The minimum atomic E-state index is 0.624. The van der Waals surface area contributed by atoms with Gasteiger partial charge in [0.2, 0.25) is 0 Å². The molecule has 1 aliphatic heterocycles. The van der Waals surface area contributed by atoms with Gasteiger partial charge >= 0.3 is 0 Å². The van der Waals surface area contributed by atoms with Crippen molar-refractivity contribution < 1.29 is 14.2 Å². The summed E-state index contributed by atoms with van der Waals surface area (Å²) < 4.78 is 16.9. The minimum absolute atomic E-state index is 0.624. The van der Waals surface area contributed by atoms with E-state index in [0.29, 0.717) is 19.8 Å². The summed E-state index contributed by atoms with van der Waals surface area (Å²) >= 11 is 0. The quantitative estimate of drug-likeness (QED) is 0.614. The van der Waals surface area contributed by atoms with Gasteiger partial charge in [-0.15, -0.1) is 0 Å². The number of para-hydroxylation sites is 1. The van der Waals surface area contributed by atoms with Crippen molar-refractivity contribution in [3.05, 3.63) is 35.9 Å². The Morgan fingerprint density at radius 2 is 2.20 bits per heavy atom. The molecule has 1 aromatic rings. The van der Waals surface area contributed by atoms with Gasteiger partial charge < -0.3 is 19.5 Å². The summed E-state index contributed by atoms with van der Waals surface area (Å²) in [6.07, 6.45) is 0.927. The van der Waals surface area contributed by atoms with Gasteiger partial charge in [-0.3, -0.25) is 0 Å². The molecule has 0 amide bonds. The van der Waals surface area contributed by atoms with E-state index in [1.165, 1.54) is 0 Å². The maximum Gasteiger partial charge on any atom is 0.165 e. The fourth-order valence-corrected chi connectivity index (χ4v) is 2.01. The molecule has 0 saturated heterocycles. The smallest absolute Gasteiger partial charge is 0.165 e. The summed E-state index contributed by atoms with van der Waals surface area (Å²) in [6.45, 7) is 10.1. The van der Waals surface area contributed by atoms with Gasteiger partial charge in [-0.2, -0.15) is 0 Å². The van der Waals surface area contributed by atoms with Gasteiger partial charge in [0.1, 0.15) is 0 Å². The fraction of sp³-hybridized carbons (Fsp3) is 0.500. The van der Waals surface area contributed by atoms with E-state index >= 15 is 0 Å². The molecule has 0 unspecified atom stereocenters. The molecule has 0 bridgehead atoms. The first-order valence-corrected chi connectivity index (χ1v) is 7.07. The SMILES string of the molecule is C=C(C)COCCNCc1cccc2c1OCCCO2. The summed E-state index contributed by atoms with van der Waals surface area (Å²) in [6, 6.07) is 6.03. The average Bonchev–Trinajstić information content (AvgIpc) is 2.68. The predicted octanol–water partition coefficient (Wildman–Crippen LogP) is 2.53. The number of hydrogen-bond donors (Lipinski definition) is 1. The Kier molecular flexibility index (Phi) is 5.89.